The summed E-state index contributed by atoms with van der Waals surface area (Å²) in [6, 6.07) is 8.01. The Balaban J connectivity index is 1.88. The molecule has 0 radical (unpaired) electrons. The number of hydrogen-bond acceptors (Lipinski definition) is 4. The zero-order valence-corrected chi connectivity index (χ0v) is 12.6. The van der Waals surface area contributed by atoms with Gasteiger partial charge in [-0.3, -0.25) is 9.69 Å². The SMILES string of the molecule is CC(C)N(CCCC(=O)O)CC1COc2ccccc2O1. The predicted octanol–water partition coefficient (Wildman–Crippen LogP) is 2.40. The number of para-hydroxylation sites is 2. The van der Waals surface area contributed by atoms with E-state index in [9.17, 15) is 4.79 Å². The molecule has 5 nitrogen and oxygen atoms in total. The summed E-state index contributed by atoms with van der Waals surface area (Å²) in [5.41, 5.74) is 0. The maximum Gasteiger partial charge on any atom is 0.303 e. The van der Waals surface area contributed by atoms with Gasteiger partial charge in [-0.25, -0.2) is 0 Å². The van der Waals surface area contributed by atoms with Crippen molar-refractivity contribution in [3.05, 3.63) is 24.3 Å². The highest BCUT2D eigenvalue weighted by Gasteiger charge is 2.24. The molecule has 0 aromatic heterocycles. The van der Waals surface area contributed by atoms with Crippen LogP contribution < -0.4 is 9.47 Å². The second-order valence-electron chi connectivity index (χ2n) is 5.58. The Labute approximate surface area is 125 Å². The predicted molar refractivity (Wildman–Crippen MR) is 79.9 cm³/mol. The Bertz CT molecular complexity index is 475. The third-order valence-electron chi connectivity index (χ3n) is 3.57. The minimum atomic E-state index is -0.745. The third-order valence-corrected chi connectivity index (χ3v) is 3.57. The van der Waals surface area contributed by atoms with Crippen LogP contribution in [0.5, 0.6) is 11.5 Å². The van der Waals surface area contributed by atoms with Gasteiger partial charge in [0, 0.05) is 19.0 Å². The molecule has 21 heavy (non-hydrogen) atoms. The first-order valence-electron chi connectivity index (χ1n) is 7.40. The molecule has 0 spiro atoms. The highest BCUT2D eigenvalue weighted by Crippen LogP contribution is 2.31. The molecular weight excluding hydrogens is 270 g/mol. The van der Waals surface area contributed by atoms with Crippen molar-refractivity contribution in [2.45, 2.75) is 38.8 Å². The molecule has 0 bridgehead atoms. The Morgan fingerprint density at radius 1 is 1.38 bits per heavy atom. The fourth-order valence-electron chi connectivity index (χ4n) is 2.41. The lowest BCUT2D eigenvalue weighted by Gasteiger charge is -2.33. The Morgan fingerprint density at radius 2 is 2.10 bits per heavy atom. The Hall–Kier alpha value is -1.75. The van der Waals surface area contributed by atoms with E-state index >= 15 is 0 Å². The van der Waals surface area contributed by atoms with Gasteiger partial charge in [-0.2, -0.15) is 0 Å². The number of hydrogen-bond donors (Lipinski definition) is 1. The molecule has 1 aromatic carbocycles. The number of aliphatic carboxylic acids is 1. The van der Waals surface area contributed by atoms with E-state index in [2.05, 4.69) is 18.7 Å². The first-order valence-corrected chi connectivity index (χ1v) is 7.40. The molecule has 5 heteroatoms. The number of fused-ring (bicyclic) bond motifs is 1. The zero-order chi connectivity index (χ0) is 15.2. The van der Waals surface area contributed by atoms with Crippen LogP contribution in [0.3, 0.4) is 0 Å². The average molecular weight is 293 g/mol. The summed E-state index contributed by atoms with van der Waals surface area (Å²) >= 11 is 0. The molecule has 1 aliphatic heterocycles. The van der Waals surface area contributed by atoms with Gasteiger partial charge in [0.25, 0.3) is 0 Å². The van der Waals surface area contributed by atoms with Gasteiger partial charge in [0.2, 0.25) is 0 Å². The van der Waals surface area contributed by atoms with E-state index in [1.807, 2.05) is 24.3 Å². The van der Waals surface area contributed by atoms with Gasteiger partial charge in [0.05, 0.1) is 0 Å². The zero-order valence-electron chi connectivity index (χ0n) is 12.6. The van der Waals surface area contributed by atoms with Crippen LogP contribution in [0.15, 0.2) is 24.3 Å². The lowest BCUT2D eigenvalue weighted by Crippen LogP contribution is -2.44. The molecule has 1 unspecified atom stereocenters. The minimum absolute atomic E-state index is 0.0212. The highest BCUT2D eigenvalue weighted by molar-refractivity contribution is 5.66. The first-order chi connectivity index (χ1) is 10.1. The van der Waals surface area contributed by atoms with Crippen LogP contribution in [0.1, 0.15) is 26.7 Å². The van der Waals surface area contributed by atoms with Gasteiger partial charge in [-0.05, 0) is 38.9 Å². The van der Waals surface area contributed by atoms with Crippen LogP contribution >= 0.6 is 0 Å². The Morgan fingerprint density at radius 3 is 2.76 bits per heavy atom. The van der Waals surface area contributed by atoms with Gasteiger partial charge in [0.15, 0.2) is 11.5 Å². The molecule has 1 aliphatic rings. The van der Waals surface area contributed by atoms with E-state index in [1.165, 1.54) is 0 Å². The molecule has 0 saturated heterocycles. The molecule has 1 atom stereocenters. The van der Waals surface area contributed by atoms with Crippen molar-refractivity contribution in [2.75, 3.05) is 19.7 Å². The molecule has 1 N–H and O–H groups in total. The second kappa shape index (κ2) is 7.31. The van der Waals surface area contributed by atoms with E-state index in [-0.39, 0.29) is 12.5 Å². The normalized spacial score (nSPS) is 17.2. The molecule has 1 heterocycles. The Kier molecular flexibility index (Phi) is 5.44. The standard InChI is InChI=1S/C16H23NO4/c1-12(2)17(9-5-8-16(18)19)10-13-11-20-14-6-3-4-7-15(14)21-13/h3-4,6-7,12-13H,5,8-11H2,1-2H3,(H,18,19). The van der Waals surface area contributed by atoms with Crippen molar-refractivity contribution in [2.24, 2.45) is 0 Å². The quantitative estimate of drug-likeness (QED) is 0.836. The van der Waals surface area contributed by atoms with E-state index < -0.39 is 5.97 Å². The van der Waals surface area contributed by atoms with Gasteiger partial charge in [-0.1, -0.05) is 12.1 Å². The number of carboxylic acid groups (broad SMARTS) is 1. The van der Waals surface area contributed by atoms with E-state index in [0.717, 1.165) is 24.6 Å². The first kappa shape index (κ1) is 15.6. The maximum atomic E-state index is 10.6. The molecule has 1 aromatic rings. The summed E-state index contributed by atoms with van der Waals surface area (Å²) in [6.45, 7) is 6.24. The molecule has 0 saturated carbocycles. The second-order valence-corrected chi connectivity index (χ2v) is 5.58. The van der Waals surface area contributed by atoms with Gasteiger partial charge >= 0.3 is 5.97 Å². The number of rotatable bonds is 7. The summed E-state index contributed by atoms with van der Waals surface area (Å²) < 4.78 is 11.7. The number of carboxylic acids is 1. The van der Waals surface area contributed by atoms with Crippen LogP contribution in [0.2, 0.25) is 0 Å². The van der Waals surface area contributed by atoms with Crippen molar-refractivity contribution in [1.82, 2.24) is 4.90 Å². The topological polar surface area (TPSA) is 59.0 Å². The van der Waals surface area contributed by atoms with Crippen LogP contribution in [0, 0.1) is 0 Å². The fourth-order valence-corrected chi connectivity index (χ4v) is 2.41. The third kappa shape index (κ3) is 4.63. The van der Waals surface area contributed by atoms with Crippen LogP contribution in [0.4, 0.5) is 0 Å². The number of carbonyl (C=O) groups is 1. The van der Waals surface area contributed by atoms with Gasteiger partial charge in [-0.15, -0.1) is 0 Å². The van der Waals surface area contributed by atoms with Gasteiger partial charge < -0.3 is 14.6 Å². The molecule has 2 rings (SSSR count). The van der Waals surface area contributed by atoms with Crippen molar-refractivity contribution in [3.63, 3.8) is 0 Å². The average Bonchev–Trinajstić information content (AvgIpc) is 2.45. The van der Waals surface area contributed by atoms with E-state index in [1.54, 1.807) is 0 Å². The number of benzene rings is 1. The summed E-state index contributed by atoms with van der Waals surface area (Å²) in [7, 11) is 0. The lowest BCUT2D eigenvalue weighted by molar-refractivity contribution is -0.137. The number of ether oxygens (including phenoxy) is 2. The van der Waals surface area contributed by atoms with Crippen molar-refractivity contribution in [1.29, 1.82) is 0 Å². The molecule has 0 aliphatic carbocycles. The van der Waals surface area contributed by atoms with Crippen LogP contribution in [0.25, 0.3) is 0 Å². The molecule has 116 valence electrons. The summed E-state index contributed by atoms with van der Waals surface area (Å²) in [4.78, 5) is 12.9. The van der Waals surface area contributed by atoms with Crippen molar-refractivity contribution in [3.8, 4) is 11.5 Å². The monoisotopic (exact) mass is 293 g/mol. The molecule has 0 fully saturated rings. The highest BCUT2D eigenvalue weighted by atomic mass is 16.6. The summed E-state index contributed by atoms with van der Waals surface area (Å²) in [6.07, 6.45) is 0.832. The van der Waals surface area contributed by atoms with Gasteiger partial charge in [0.1, 0.15) is 12.7 Å². The van der Waals surface area contributed by atoms with Crippen molar-refractivity contribution >= 4 is 5.97 Å². The van der Waals surface area contributed by atoms with Crippen LogP contribution in [-0.4, -0.2) is 47.8 Å². The fraction of sp³-hybridized carbons (Fsp3) is 0.562. The maximum absolute atomic E-state index is 10.6. The smallest absolute Gasteiger partial charge is 0.303 e. The molecule has 0 amide bonds. The minimum Gasteiger partial charge on any atom is -0.486 e. The number of nitrogens with zero attached hydrogens (tertiary/aromatic N) is 1. The van der Waals surface area contributed by atoms with E-state index in [0.29, 0.717) is 19.1 Å². The lowest BCUT2D eigenvalue weighted by atomic mass is 10.2. The largest absolute Gasteiger partial charge is 0.486 e. The van der Waals surface area contributed by atoms with Crippen molar-refractivity contribution < 1.29 is 19.4 Å². The summed E-state index contributed by atoms with van der Waals surface area (Å²) in [5, 5.41) is 8.73. The van der Waals surface area contributed by atoms with Crippen LogP contribution in [-0.2, 0) is 4.79 Å². The molecular formula is C16H23NO4. The summed E-state index contributed by atoms with van der Waals surface area (Å²) in [5.74, 6) is 0.823. The van der Waals surface area contributed by atoms with E-state index in [4.69, 9.17) is 14.6 Å².